The molecular weight excluding hydrogens is 321 g/mol. The van der Waals surface area contributed by atoms with Gasteiger partial charge >= 0.3 is 0 Å². The normalized spacial score (nSPS) is 10.6. The maximum atomic E-state index is 13.8. The van der Waals surface area contributed by atoms with Gasteiger partial charge in [-0.2, -0.15) is 0 Å². The van der Waals surface area contributed by atoms with Crippen LogP contribution < -0.4 is 0 Å². The third-order valence-corrected chi connectivity index (χ3v) is 3.32. The predicted octanol–water partition coefficient (Wildman–Crippen LogP) is 4.41. The Morgan fingerprint density at radius 3 is 2.37 bits per heavy atom. The molecule has 1 nitrogen and oxygen atoms in total. The number of halogens is 4. The van der Waals surface area contributed by atoms with E-state index >= 15 is 0 Å². The van der Waals surface area contributed by atoms with Crippen LogP contribution in [0.3, 0.4) is 0 Å². The zero-order valence-corrected chi connectivity index (χ0v) is 11.4. The number of hydrogen-bond donors (Lipinski definition) is 0. The van der Waals surface area contributed by atoms with Crippen LogP contribution in [-0.2, 0) is 0 Å². The molecule has 0 bridgehead atoms. The first-order chi connectivity index (χ1) is 8.91. The summed E-state index contributed by atoms with van der Waals surface area (Å²) in [5.74, 6) is -3.46. The Kier molecular flexibility index (Phi) is 3.75. The molecule has 2 rings (SSSR count). The van der Waals surface area contributed by atoms with E-state index in [0.29, 0.717) is 5.56 Å². The number of carbonyl (C=O) groups excluding carboxylic acids is 1. The van der Waals surface area contributed by atoms with Crippen LogP contribution in [0.2, 0.25) is 0 Å². The summed E-state index contributed by atoms with van der Waals surface area (Å²) in [7, 11) is 0. The van der Waals surface area contributed by atoms with E-state index in [4.69, 9.17) is 0 Å². The van der Waals surface area contributed by atoms with E-state index in [1.54, 1.807) is 0 Å². The van der Waals surface area contributed by atoms with Crippen molar-refractivity contribution in [2.45, 2.75) is 6.92 Å². The molecule has 0 amide bonds. The summed E-state index contributed by atoms with van der Waals surface area (Å²) in [4.78, 5) is 12.0. The average Bonchev–Trinajstić information content (AvgIpc) is 2.37. The van der Waals surface area contributed by atoms with Crippen LogP contribution in [0.1, 0.15) is 21.5 Å². The summed E-state index contributed by atoms with van der Waals surface area (Å²) in [5.41, 5.74) is -0.441. The van der Waals surface area contributed by atoms with E-state index in [1.807, 2.05) is 0 Å². The average molecular weight is 329 g/mol. The summed E-state index contributed by atoms with van der Waals surface area (Å²) in [6.07, 6.45) is 0. The fourth-order valence-electron chi connectivity index (χ4n) is 1.61. The second-order valence-electron chi connectivity index (χ2n) is 4.01. The molecule has 98 valence electrons. The fraction of sp³-hybridized carbons (Fsp3) is 0.0714. The zero-order valence-electron chi connectivity index (χ0n) is 9.81. The second kappa shape index (κ2) is 5.17. The van der Waals surface area contributed by atoms with Gasteiger partial charge in [-0.1, -0.05) is 12.1 Å². The van der Waals surface area contributed by atoms with Crippen LogP contribution in [0.5, 0.6) is 0 Å². The zero-order chi connectivity index (χ0) is 14.2. The van der Waals surface area contributed by atoms with E-state index in [2.05, 4.69) is 15.9 Å². The molecule has 0 saturated carbocycles. The molecule has 0 aliphatic carbocycles. The van der Waals surface area contributed by atoms with Crippen molar-refractivity contribution in [1.29, 1.82) is 0 Å². The number of hydrogen-bond acceptors (Lipinski definition) is 1. The molecule has 0 spiro atoms. The van der Waals surface area contributed by atoms with Crippen LogP contribution in [-0.4, -0.2) is 5.78 Å². The SMILES string of the molecule is Cc1ccc(C(=O)c2c(F)ccc(Br)c2F)cc1F. The quantitative estimate of drug-likeness (QED) is 0.589. The van der Waals surface area contributed by atoms with Crippen LogP contribution in [0.15, 0.2) is 34.8 Å². The number of carbonyl (C=O) groups is 1. The largest absolute Gasteiger partial charge is 0.288 e. The number of benzene rings is 2. The monoisotopic (exact) mass is 328 g/mol. The number of ketones is 1. The smallest absolute Gasteiger partial charge is 0.199 e. The highest BCUT2D eigenvalue weighted by Crippen LogP contribution is 2.24. The van der Waals surface area contributed by atoms with E-state index in [9.17, 15) is 18.0 Å². The lowest BCUT2D eigenvalue weighted by molar-refractivity contribution is 0.103. The van der Waals surface area contributed by atoms with Gasteiger partial charge in [-0.05, 0) is 46.6 Å². The van der Waals surface area contributed by atoms with Crippen molar-refractivity contribution in [1.82, 2.24) is 0 Å². The van der Waals surface area contributed by atoms with Crippen molar-refractivity contribution in [2.24, 2.45) is 0 Å². The molecule has 0 atom stereocenters. The molecule has 0 heterocycles. The Labute approximate surface area is 116 Å². The van der Waals surface area contributed by atoms with Crippen molar-refractivity contribution in [2.75, 3.05) is 0 Å². The predicted molar refractivity (Wildman–Crippen MR) is 68.6 cm³/mol. The van der Waals surface area contributed by atoms with Crippen molar-refractivity contribution in [3.63, 3.8) is 0 Å². The van der Waals surface area contributed by atoms with Gasteiger partial charge in [0.15, 0.2) is 11.6 Å². The van der Waals surface area contributed by atoms with Gasteiger partial charge in [0, 0.05) is 5.56 Å². The van der Waals surface area contributed by atoms with E-state index in [0.717, 1.165) is 18.2 Å². The molecule has 0 unspecified atom stereocenters. The fourth-order valence-corrected chi connectivity index (χ4v) is 1.94. The highest BCUT2D eigenvalue weighted by Gasteiger charge is 2.21. The molecule has 5 heteroatoms. The Morgan fingerprint density at radius 1 is 1.05 bits per heavy atom. The molecule has 2 aromatic carbocycles. The first-order valence-electron chi connectivity index (χ1n) is 5.36. The maximum absolute atomic E-state index is 13.8. The van der Waals surface area contributed by atoms with Crippen LogP contribution in [0.25, 0.3) is 0 Å². The summed E-state index contributed by atoms with van der Waals surface area (Å²) < 4.78 is 40.7. The molecule has 0 aliphatic rings. The summed E-state index contributed by atoms with van der Waals surface area (Å²) in [6.45, 7) is 1.53. The van der Waals surface area contributed by atoms with E-state index in [1.165, 1.54) is 19.1 Å². The van der Waals surface area contributed by atoms with Crippen LogP contribution in [0.4, 0.5) is 13.2 Å². The first-order valence-corrected chi connectivity index (χ1v) is 6.15. The molecule has 19 heavy (non-hydrogen) atoms. The van der Waals surface area contributed by atoms with Crippen molar-refractivity contribution >= 4 is 21.7 Å². The minimum atomic E-state index is -0.994. The standard InChI is InChI=1S/C14H8BrF3O/c1-7-2-3-8(6-11(7)17)14(19)12-10(16)5-4-9(15)13(12)18/h2-6H,1H3. The molecule has 0 saturated heterocycles. The summed E-state index contributed by atoms with van der Waals surface area (Å²) >= 11 is 2.88. The highest BCUT2D eigenvalue weighted by molar-refractivity contribution is 9.10. The third kappa shape index (κ3) is 2.56. The second-order valence-corrected chi connectivity index (χ2v) is 4.87. The molecule has 0 aromatic heterocycles. The number of aryl methyl sites for hydroxylation is 1. The molecule has 0 N–H and O–H groups in total. The lowest BCUT2D eigenvalue weighted by Crippen LogP contribution is -2.08. The molecule has 0 aliphatic heterocycles. The Morgan fingerprint density at radius 2 is 1.74 bits per heavy atom. The number of rotatable bonds is 2. The highest BCUT2D eigenvalue weighted by atomic mass is 79.9. The lowest BCUT2D eigenvalue weighted by Gasteiger charge is -2.06. The molecule has 0 radical (unpaired) electrons. The van der Waals surface area contributed by atoms with Crippen LogP contribution >= 0.6 is 15.9 Å². The van der Waals surface area contributed by atoms with Gasteiger partial charge in [0.05, 0.1) is 10.0 Å². The lowest BCUT2D eigenvalue weighted by atomic mass is 10.0. The molecular formula is C14H8BrF3O. The summed E-state index contributed by atoms with van der Waals surface area (Å²) in [5, 5.41) is 0. The van der Waals surface area contributed by atoms with Gasteiger partial charge in [0.1, 0.15) is 11.6 Å². The third-order valence-electron chi connectivity index (χ3n) is 2.71. The van der Waals surface area contributed by atoms with Crippen molar-refractivity contribution in [3.8, 4) is 0 Å². The van der Waals surface area contributed by atoms with E-state index < -0.39 is 28.8 Å². The Hall–Kier alpha value is -1.62. The maximum Gasteiger partial charge on any atom is 0.199 e. The van der Waals surface area contributed by atoms with Gasteiger partial charge in [-0.3, -0.25) is 4.79 Å². The Bertz CT molecular complexity index is 668. The van der Waals surface area contributed by atoms with Gasteiger partial charge < -0.3 is 0 Å². The van der Waals surface area contributed by atoms with Gasteiger partial charge in [0.2, 0.25) is 0 Å². The summed E-state index contributed by atoms with van der Waals surface area (Å²) in [6, 6.07) is 5.83. The van der Waals surface area contributed by atoms with Gasteiger partial charge in [0.25, 0.3) is 0 Å². The molecule has 2 aromatic rings. The minimum Gasteiger partial charge on any atom is -0.288 e. The van der Waals surface area contributed by atoms with Crippen molar-refractivity contribution in [3.05, 3.63) is 68.9 Å². The van der Waals surface area contributed by atoms with E-state index in [-0.39, 0.29) is 10.0 Å². The molecule has 0 fully saturated rings. The first kappa shape index (κ1) is 13.8. The Balaban J connectivity index is 2.56. The van der Waals surface area contributed by atoms with Gasteiger partial charge in [-0.25, -0.2) is 13.2 Å². The topological polar surface area (TPSA) is 17.1 Å². The van der Waals surface area contributed by atoms with Gasteiger partial charge in [-0.15, -0.1) is 0 Å². The van der Waals surface area contributed by atoms with Crippen LogP contribution in [0, 0.1) is 24.4 Å². The van der Waals surface area contributed by atoms with Crippen molar-refractivity contribution < 1.29 is 18.0 Å². The minimum absolute atomic E-state index is 0.0233.